The predicted octanol–water partition coefficient (Wildman–Crippen LogP) is 5.72. The molecule has 0 saturated heterocycles. The van der Waals surface area contributed by atoms with E-state index in [1.54, 1.807) is 48.7 Å². The molecule has 1 aliphatic heterocycles. The third-order valence-corrected chi connectivity index (χ3v) is 5.14. The number of allylic oxidation sites excluding steroid dienone is 2. The molecule has 0 N–H and O–H groups in total. The highest BCUT2D eigenvalue weighted by molar-refractivity contribution is 6.14. The van der Waals surface area contributed by atoms with E-state index in [1.807, 2.05) is 0 Å². The fourth-order valence-electron chi connectivity index (χ4n) is 3.42. The van der Waals surface area contributed by atoms with Crippen LogP contribution in [0.2, 0.25) is 0 Å². The van der Waals surface area contributed by atoms with Crippen molar-refractivity contribution in [3.8, 4) is 5.75 Å². The Kier molecular flexibility index (Phi) is 5.94. The minimum atomic E-state index is -0.439. The summed E-state index contributed by atoms with van der Waals surface area (Å²) in [6, 6.07) is 17.7. The third kappa shape index (κ3) is 4.49. The molecule has 4 rings (SSSR count). The number of methoxy groups -OCH3 is 1. The number of anilines is 1. The van der Waals surface area contributed by atoms with E-state index in [9.17, 15) is 18.4 Å². The minimum absolute atomic E-state index is 0.0963. The van der Waals surface area contributed by atoms with Crippen LogP contribution in [0.25, 0.3) is 0 Å². The second-order valence-corrected chi connectivity index (χ2v) is 7.26. The molecule has 0 atom stereocenters. The van der Waals surface area contributed by atoms with Gasteiger partial charge in [0.2, 0.25) is 0 Å². The van der Waals surface area contributed by atoms with Crippen LogP contribution in [-0.4, -0.2) is 18.7 Å². The van der Waals surface area contributed by atoms with E-state index in [1.165, 1.54) is 48.5 Å². The number of hydrogen-bond donors (Lipinski definition) is 0. The van der Waals surface area contributed by atoms with E-state index < -0.39 is 11.6 Å². The highest BCUT2D eigenvalue weighted by atomic mass is 19.1. The van der Waals surface area contributed by atoms with Gasteiger partial charge in [-0.2, -0.15) is 0 Å². The molecule has 32 heavy (non-hydrogen) atoms. The van der Waals surface area contributed by atoms with Gasteiger partial charge >= 0.3 is 0 Å². The summed E-state index contributed by atoms with van der Waals surface area (Å²) in [6.07, 6.45) is 3.42. The Morgan fingerprint density at radius 2 is 1.16 bits per heavy atom. The van der Waals surface area contributed by atoms with Crippen LogP contribution in [-0.2, 0) is 0 Å². The first-order valence-electron chi connectivity index (χ1n) is 9.89. The molecule has 4 nitrogen and oxygen atoms in total. The lowest BCUT2D eigenvalue weighted by molar-refractivity contribution is 0.102. The van der Waals surface area contributed by atoms with Crippen LogP contribution in [0.5, 0.6) is 5.75 Å². The molecule has 3 aromatic carbocycles. The molecule has 3 aromatic rings. The van der Waals surface area contributed by atoms with Gasteiger partial charge in [0.15, 0.2) is 11.6 Å². The summed E-state index contributed by atoms with van der Waals surface area (Å²) < 4.78 is 31.8. The van der Waals surface area contributed by atoms with Crippen LogP contribution in [0.4, 0.5) is 14.5 Å². The molecule has 6 heteroatoms. The van der Waals surface area contributed by atoms with Crippen molar-refractivity contribution in [3.05, 3.63) is 119 Å². The van der Waals surface area contributed by atoms with E-state index in [0.29, 0.717) is 28.0 Å². The van der Waals surface area contributed by atoms with Crippen molar-refractivity contribution in [2.24, 2.45) is 0 Å². The first-order chi connectivity index (χ1) is 15.4. The van der Waals surface area contributed by atoms with Crippen molar-refractivity contribution >= 4 is 17.3 Å². The van der Waals surface area contributed by atoms with Gasteiger partial charge in [-0.3, -0.25) is 9.59 Å². The largest absolute Gasteiger partial charge is 0.497 e. The van der Waals surface area contributed by atoms with Crippen molar-refractivity contribution in [1.82, 2.24) is 0 Å². The van der Waals surface area contributed by atoms with Gasteiger partial charge in [0.05, 0.1) is 7.11 Å². The highest BCUT2D eigenvalue weighted by Gasteiger charge is 2.24. The number of Topliss-reactive ketones (excluding diaryl/α,β-unsaturated/α-hetero) is 2. The van der Waals surface area contributed by atoms with Crippen LogP contribution >= 0.6 is 0 Å². The fourth-order valence-corrected chi connectivity index (χ4v) is 3.42. The van der Waals surface area contributed by atoms with Gasteiger partial charge in [-0.25, -0.2) is 8.78 Å². The Labute approximate surface area is 184 Å². The first-order valence-corrected chi connectivity index (χ1v) is 9.89. The predicted molar refractivity (Wildman–Crippen MR) is 118 cm³/mol. The summed E-state index contributed by atoms with van der Waals surface area (Å²) in [5, 5.41) is 0. The van der Waals surface area contributed by atoms with Gasteiger partial charge in [-0.1, -0.05) is 0 Å². The molecular formula is C26H19F2NO3. The maximum absolute atomic E-state index is 13.3. The minimum Gasteiger partial charge on any atom is -0.497 e. The number of rotatable bonds is 6. The number of benzene rings is 3. The Morgan fingerprint density at radius 1 is 0.719 bits per heavy atom. The van der Waals surface area contributed by atoms with Gasteiger partial charge < -0.3 is 9.64 Å². The average Bonchev–Trinajstić information content (AvgIpc) is 2.84. The standard InChI is InChI=1S/C26H19F2NO3/c1-32-24-12-10-23(11-13-24)29-15-19(25(30)17-2-6-21(27)7-3-17)14-20(16-29)26(31)18-4-8-22(28)9-5-18/h2-13,15-16H,14H2,1H3. The summed E-state index contributed by atoms with van der Waals surface area (Å²) >= 11 is 0. The third-order valence-electron chi connectivity index (χ3n) is 5.14. The second kappa shape index (κ2) is 8.98. The molecule has 0 amide bonds. The zero-order valence-corrected chi connectivity index (χ0v) is 17.2. The number of nitrogens with zero attached hydrogens (tertiary/aromatic N) is 1. The van der Waals surface area contributed by atoms with E-state index in [2.05, 4.69) is 0 Å². The maximum Gasteiger partial charge on any atom is 0.190 e. The van der Waals surface area contributed by atoms with Gasteiger partial charge in [0, 0.05) is 46.8 Å². The van der Waals surface area contributed by atoms with Gasteiger partial charge in [-0.15, -0.1) is 0 Å². The zero-order valence-electron chi connectivity index (χ0n) is 17.2. The second-order valence-electron chi connectivity index (χ2n) is 7.26. The molecule has 0 unspecified atom stereocenters. The van der Waals surface area contributed by atoms with E-state index in [0.717, 1.165) is 5.69 Å². The van der Waals surface area contributed by atoms with Crippen LogP contribution in [0.15, 0.2) is 96.3 Å². The first kappa shape index (κ1) is 21.2. The maximum atomic E-state index is 13.3. The number of halogens is 2. The Morgan fingerprint density at radius 3 is 1.56 bits per heavy atom. The fraction of sp³-hybridized carbons (Fsp3) is 0.0769. The SMILES string of the molecule is COc1ccc(N2C=C(C(=O)c3ccc(F)cc3)CC(C(=O)c3ccc(F)cc3)=C2)cc1. The lowest BCUT2D eigenvalue weighted by Crippen LogP contribution is -2.21. The van der Waals surface area contributed by atoms with Crippen LogP contribution in [0.3, 0.4) is 0 Å². The van der Waals surface area contributed by atoms with Gasteiger partial charge in [0.25, 0.3) is 0 Å². The summed E-state index contributed by atoms with van der Waals surface area (Å²) in [4.78, 5) is 27.9. The number of ketones is 2. The van der Waals surface area contributed by atoms with E-state index >= 15 is 0 Å². The molecule has 0 bridgehead atoms. The van der Waals surface area contributed by atoms with Crippen molar-refractivity contribution in [3.63, 3.8) is 0 Å². The molecule has 0 aliphatic carbocycles. The topological polar surface area (TPSA) is 46.6 Å². The Bertz CT molecular complexity index is 1140. The summed E-state index contributed by atoms with van der Waals surface area (Å²) in [5.41, 5.74) is 2.12. The van der Waals surface area contributed by atoms with Gasteiger partial charge in [-0.05, 0) is 72.8 Å². The lowest BCUT2D eigenvalue weighted by atomic mass is 9.91. The zero-order chi connectivity index (χ0) is 22.7. The van der Waals surface area contributed by atoms with Crippen LogP contribution in [0.1, 0.15) is 27.1 Å². The molecule has 0 spiro atoms. The number of ether oxygens (including phenoxy) is 1. The molecule has 1 heterocycles. The van der Waals surface area contributed by atoms with Crippen molar-refractivity contribution < 1.29 is 23.1 Å². The Hall–Kier alpha value is -4.06. The van der Waals surface area contributed by atoms with Crippen LogP contribution in [0, 0.1) is 11.6 Å². The molecule has 0 fully saturated rings. The summed E-state index contributed by atoms with van der Waals surface area (Å²) in [6.45, 7) is 0. The lowest BCUT2D eigenvalue weighted by Gasteiger charge is -2.25. The van der Waals surface area contributed by atoms with E-state index in [4.69, 9.17) is 4.74 Å². The monoisotopic (exact) mass is 431 g/mol. The smallest absolute Gasteiger partial charge is 0.190 e. The highest BCUT2D eigenvalue weighted by Crippen LogP contribution is 2.30. The van der Waals surface area contributed by atoms with Crippen molar-refractivity contribution in [1.29, 1.82) is 0 Å². The normalized spacial score (nSPS) is 13.3. The molecular weight excluding hydrogens is 412 g/mol. The number of carbonyl (C=O) groups is 2. The molecule has 160 valence electrons. The molecule has 0 radical (unpaired) electrons. The summed E-state index contributed by atoms with van der Waals surface area (Å²) in [7, 11) is 1.56. The van der Waals surface area contributed by atoms with Gasteiger partial charge in [0.1, 0.15) is 17.4 Å². The quantitative estimate of drug-likeness (QED) is 0.469. The Balaban J connectivity index is 1.72. The van der Waals surface area contributed by atoms with E-state index in [-0.39, 0.29) is 18.0 Å². The van der Waals surface area contributed by atoms with Crippen molar-refractivity contribution in [2.75, 3.05) is 12.0 Å². The summed E-state index contributed by atoms with van der Waals surface area (Å²) in [5.74, 6) is -0.816. The molecule has 1 aliphatic rings. The molecule has 0 aromatic heterocycles. The number of hydrogen-bond acceptors (Lipinski definition) is 4. The van der Waals surface area contributed by atoms with Crippen molar-refractivity contribution in [2.45, 2.75) is 6.42 Å². The number of carbonyl (C=O) groups excluding carboxylic acids is 2. The molecule has 0 saturated carbocycles. The van der Waals surface area contributed by atoms with Crippen LogP contribution < -0.4 is 9.64 Å². The average molecular weight is 431 g/mol.